The van der Waals surface area contributed by atoms with Gasteiger partial charge in [0.2, 0.25) is 0 Å². The number of fused-ring (bicyclic) bond motifs is 1. The van der Waals surface area contributed by atoms with E-state index in [1.807, 2.05) is 0 Å². The highest BCUT2D eigenvalue weighted by atomic mass is 19.3. The minimum atomic E-state index is -2.57. The molecular weight excluding hydrogens is 218 g/mol. The van der Waals surface area contributed by atoms with Gasteiger partial charge in [-0.3, -0.25) is 4.79 Å². The summed E-state index contributed by atoms with van der Waals surface area (Å²) in [5, 5.41) is 8.97. The monoisotopic (exact) mass is 232 g/mol. The molecule has 2 aliphatic rings. The van der Waals surface area contributed by atoms with E-state index in [1.54, 1.807) is 0 Å². The number of carboxylic acids is 1. The van der Waals surface area contributed by atoms with Crippen molar-refractivity contribution < 1.29 is 23.5 Å². The predicted octanol–water partition coefficient (Wildman–Crippen LogP) is 1.96. The van der Waals surface area contributed by atoms with Crippen molar-refractivity contribution in [3.63, 3.8) is 0 Å². The lowest BCUT2D eigenvalue weighted by molar-refractivity contribution is -0.146. The zero-order valence-electron chi connectivity index (χ0n) is 8.95. The summed E-state index contributed by atoms with van der Waals surface area (Å²) >= 11 is 0. The van der Waals surface area contributed by atoms with Crippen LogP contribution in [0.2, 0.25) is 0 Å². The lowest BCUT2D eigenvalue weighted by Crippen LogP contribution is -2.26. The average molecular weight is 232 g/mol. The molecule has 2 aliphatic carbocycles. The van der Waals surface area contributed by atoms with E-state index < -0.39 is 29.6 Å². The second-order valence-corrected chi connectivity index (χ2v) is 4.97. The second kappa shape index (κ2) is 3.50. The maximum Gasteiger partial charge on any atom is 0.307 e. The van der Waals surface area contributed by atoms with Gasteiger partial charge in [-0.25, -0.2) is 8.78 Å². The number of halogens is 2. The molecule has 16 heavy (non-hydrogen) atoms. The number of rotatable bonds is 4. The molecule has 0 heterocycles. The van der Waals surface area contributed by atoms with Crippen molar-refractivity contribution in [1.29, 1.82) is 0 Å². The molecule has 4 atom stereocenters. The SMILES string of the molecule is CC(=O)CC(C(=O)O)[C@@H]1C[C@@H]2[C@H](C1)C2(F)F. The van der Waals surface area contributed by atoms with Gasteiger partial charge in [0.15, 0.2) is 0 Å². The summed E-state index contributed by atoms with van der Waals surface area (Å²) in [6.45, 7) is 1.33. The second-order valence-electron chi connectivity index (χ2n) is 4.97. The molecule has 2 fully saturated rings. The third kappa shape index (κ3) is 1.72. The van der Waals surface area contributed by atoms with Crippen LogP contribution in [-0.2, 0) is 9.59 Å². The third-order valence-corrected chi connectivity index (χ3v) is 3.87. The Kier molecular flexibility index (Phi) is 2.51. The van der Waals surface area contributed by atoms with Crippen molar-refractivity contribution in [3.8, 4) is 0 Å². The highest BCUT2D eigenvalue weighted by Gasteiger charge is 2.72. The summed E-state index contributed by atoms with van der Waals surface area (Å²) in [4.78, 5) is 21.9. The van der Waals surface area contributed by atoms with E-state index in [-0.39, 0.29) is 31.0 Å². The fourth-order valence-corrected chi connectivity index (χ4v) is 2.95. The molecule has 0 amide bonds. The van der Waals surface area contributed by atoms with E-state index in [9.17, 15) is 18.4 Å². The quantitative estimate of drug-likeness (QED) is 0.806. The molecule has 0 aromatic carbocycles. The lowest BCUT2D eigenvalue weighted by Gasteiger charge is -2.20. The first-order valence-corrected chi connectivity index (χ1v) is 5.44. The van der Waals surface area contributed by atoms with Gasteiger partial charge in [0.05, 0.1) is 5.92 Å². The van der Waals surface area contributed by atoms with Gasteiger partial charge in [-0.15, -0.1) is 0 Å². The Morgan fingerprint density at radius 1 is 1.38 bits per heavy atom. The van der Waals surface area contributed by atoms with E-state index in [4.69, 9.17) is 5.11 Å². The zero-order chi connectivity index (χ0) is 12.1. The van der Waals surface area contributed by atoms with Crippen LogP contribution >= 0.6 is 0 Å². The Morgan fingerprint density at radius 2 is 1.88 bits per heavy atom. The predicted molar refractivity (Wildman–Crippen MR) is 51.1 cm³/mol. The van der Waals surface area contributed by atoms with Crippen molar-refractivity contribution in [2.24, 2.45) is 23.7 Å². The summed E-state index contributed by atoms with van der Waals surface area (Å²) in [6.07, 6.45) is 0.467. The van der Waals surface area contributed by atoms with E-state index in [2.05, 4.69) is 0 Å². The lowest BCUT2D eigenvalue weighted by atomic mass is 9.84. The van der Waals surface area contributed by atoms with Crippen LogP contribution in [-0.4, -0.2) is 22.8 Å². The molecule has 1 unspecified atom stereocenters. The number of carbonyl (C=O) groups is 2. The molecule has 2 saturated carbocycles. The van der Waals surface area contributed by atoms with Gasteiger partial charge in [0.25, 0.3) is 5.92 Å². The largest absolute Gasteiger partial charge is 0.481 e. The standard InChI is InChI=1S/C11H14F2O3/c1-5(14)2-7(10(15)16)6-3-8-9(4-6)11(8,12)13/h6-9H,2-4H2,1H3,(H,15,16)/t6-,7?,8-,9+. The summed E-state index contributed by atoms with van der Waals surface area (Å²) in [5.41, 5.74) is 0. The third-order valence-electron chi connectivity index (χ3n) is 3.87. The minimum Gasteiger partial charge on any atom is -0.481 e. The maximum atomic E-state index is 12.9. The van der Waals surface area contributed by atoms with Crippen LogP contribution in [0.15, 0.2) is 0 Å². The van der Waals surface area contributed by atoms with Gasteiger partial charge in [-0.1, -0.05) is 0 Å². The van der Waals surface area contributed by atoms with Crippen LogP contribution in [0, 0.1) is 23.7 Å². The number of ketones is 1. The summed E-state index contributed by atoms with van der Waals surface area (Å²) in [7, 11) is 0. The van der Waals surface area contributed by atoms with Crippen LogP contribution in [0.1, 0.15) is 26.2 Å². The van der Waals surface area contributed by atoms with Gasteiger partial charge >= 0.3 is 5.97 Å². The number of carbonyl (C=O) groups excluding carboxylic acids is 1. The van der Waals surface area contributed by atoms with E-state index in [0.29, 0.717) is 0 Å². The summed E-state index contributed by atoms with van der Waals surface area (Å²) < 4.78 is 25.9. The molecule has 0 aromatic heterocycles. The van der Waals surface area contributed by atoms with Crippen LogP contribution < -0.4 is 0 Å². The first-order valence-electron chi connectivity index (χ1n) is 5.44. The fourth-order valence-electron chi connectivity index (χ4n) is 2.95. The number of hydrogen-bond acceptors (Lipinski definition) is 2. The molecule has 0 bridgehead atoms. The van der Waals surface area contributed by atoms with Crippen molar-refractivity contribution in [1.82, 2.24) is 0 Å². The number of carboxylic acid groups (broad SMARTS) is 1. The highest BCUT2D eigenvalue weighted by Crippen LogP contribution is 2.66. The van der Waals surface area contributed by atoms with Crippen molar-refractivity contribution in [2.75, 3.05) is 0 Å². The highest BCUT2D eigenvalue weighted by molar-refractivity contribution is 5.82. The van der Waals surface area contributed by atoms with Gasteiger partial charge < -0.3 is 9.90 Å². The van der Waals surface area contributed by atoms with Crippen molar-refractivity contribution >= 4 is 11.8 Å². The average Bonchev–Trinajstić information content (AvgIpc) is 2.59. The Bertz CT molecular complexity index is 326. The van der Waals surface area contributed by atoms with Crippen LogP contribution in [0.4, 0.5) is 8.78 Å². The minimum absolute atomic E-state index is 0.0367. The summed E-state index contributed by atoms with van der Waals surface area (Å²) in [5.74, 6) is -6.10. The Labute approximate surface area is 91.8 Å². The van der Waals surface area contributed by atoms with Crippen LogP contribution in [0.25, 0.3) is 0 Å². The van der Waals surface area contributed by atoms with E-state index >= 15 is 0 Å². The molecule has 0 aromatic rings. The Balaban J connectivity index is 1.98. The smallest absolute Gasteiger partial charge is 0.307 e. The topological polar surface area (TPSA) is 54.4 Å². The molecule has 2 rings (SSSR count). The number of aliphatic carboxylic acids is 1. The fraction of sp³-hybridized carbons (Fsp3) is 0.818. The molecule has 5 heteroatoms. The summed E-state index contributed by atoms with van der Waals surface area (Å²) in [6, 6.07) is 0. The van der Waals surface area contributed by atoms with Gasteiger partial charge in [0, 0.05) is 18.3 Å². The molecule has 90 valence electrons. The van der Waals surface area contributed by atoms with E-state index in [1.165, 1.54) is 6.92 Å². The van der Waals surface area contributed by atoms with E-state index in [0.717, 1.165) is 0 Å². The van der Waals surface area contributed by atoms with Crippen LogP contribution in [0.3, 0.4) is 0 Å². The molecular formula is C11H14F2O3. The molecule has 1 N–H and O–H groups in total. The Hall–Kier alpha value is -1.00. The van der Waals surface area contributed by atoms with Gasteiger partial charge in [0.1, 0.15) is 5.78 Å². The van der Waals surface area contributed by atoms with Crippen LogP contribution in [0.5, 0.6) is 0 Å². The molecule has 3 nitrogen and oxygen atoms in total. The number of Topliss-reactive ketones (excluding diaryl/α,β-unsaturated/α-hetero) is 1. The first-order chi connectivity index (χ1) is 7.34. The first kappa shape index (κ1) is 11.5. The normalized spacial score (nSPS) is 36.6. The molecule has 0 spiro atoms. The van der Waals surface area contributed by atoms with Gasteiger partial charge in [-0.05, 0) is 25.7 Å². The number of alkyl halides is 2. The van der Waals surface area contributed by atoms with Crippen molar-refractivity contribution in [2.45, 2.75) is 32.1 Å². The van der Waals surface area contributed by atoms with Gasteiger partial charge in [-0.2, -0.15) is 0 Å². The molecule has 0 aliphatic heterocycles. The zero-order valence-corrected chi connectivity index (χ0v) is 8.95. The number of hydrogen-bond donors (Lipinski definition) is 1. The Morgan fingerprint density at radius 3 is 2.25 bits per heavy atom. The maximum absolute atomic E-state index is 12.9. The van der Waals surface area contributed by atoms with Crippen molar-refractivity contribution in [3.05, 3.63) is 0 Å². The molecule has 0 radical (unpaired) electrons. The molecule has 0 saturated heterocycles.